The molecule has 102 valence electrons. The molecule has 0 unspecified atom stereocenters. The fourth-order valence-corrected chi connectivity index (χ4v) is 10.4. The van der Waals surface area contributed by atoms with Gasteiger partial charge in [0.25, 0.3) is 0 Å². The summed E-state index contributed by atoms with van der Waals surface area (Å²) in [6.45, 7) is 0. The van der Waals surface area contributed by atoms with Crippen LogP contribution >= 0.6 is 70.6 Å². The summed E-state index contributed by atoms with van der Waals surface area (Å²) in [6.07, 6.45) is 0. The molecule has 3 aliphatic heterocycles. The maximum atomic E-state index is 2.29. The van der Waals surface area contributed by atoms with Crippen molar-refractivity contribution in [3.63, 3.8) is 0 Å². The summed E-state index contributed by atoms with van der Waals surface area (Å²) in [5.41, 5.74) is 1.33. The van der Waals surface area contributed by atoms with Gasteiger partial charge in [-0.1, -0.05) is 77.4 Å². The molecule has 0 spiro atoms. The van der Waals surface area contributed by atoms with Gasteiger partial charge in [0.05, 0.1) is 16.9 Å². The van der Waals surface area contributed by atoms with Gasteiger partial charge >= 0.3 is 0 Å². The molecular weight excluding hydrogens is 361 g/mol. The molecule has 0 aromatic heterocycles. The first kappa shape index (κ1) is 14.2. The Bertz CT molecular complexity index is 608. The van der Waals surface area contributed by atoms with Crippen molar-refractivity contribution in [1.82, 2.24) is 0 Å². The summed E-state index contributed by atoms with van der Waals surface area (Å²) in [5.74, 6) is 2.51. The standard InChI is InChI=1S/C14H10S6/c1-2-4-9(5-3-1)10-8-17-13(18-10)14-19-11-12(20-14)16-7-6-15-11/h1-5,8H,6-7H2. The lowest BCUT2D eigenvalue weighted by Crippen LogP contribution is -1.88. The highest BCUT2D eigenvalue weighted by molar-refractivity contribution is 8.43. The predicted molar refractivity (Wildman–Crippen MR) is 104 cm³/mol. The van der Waals surface area contributed by atoms with E-state index in [1.165, 1.54) is 38.9 Å². The molecule has 4 rings (SSSR count). The Kier molecular flexibility index (Phi) is 4.49. The third kappa shape index (κ3) is 2.88. The second-order valence-electron chi connectivity index (χ2n) is 4.12. The largest absolute Gasteiger partial charge is 0.116 e. The van der Waals surface area contributed by atoms with E-state index in [0.717, 1.165) is 0 Å². The second kappa shape index (κ2) is 6.34. The van der Waals surface area contributed by atoms with Crippen LogP contribution in [-0.2, 0) is 0 Å². The highest BCUT2D eigenvalue weighted by Crippen LogP contribution is 2.64. The minimum Gasteiger partial charge on any atom is -0.116 e. The van der Waals surface area contributed by atoms with Crippen LogP contribution in [0.25, 0.3) is 4.91 Å². The zero-order valence-electron chi connectivity index (χ0n) is 10.3. The van der Waals surface area contributed by atoms with Crippen LogP contribution in [0.3, 0.4) is 0 Å². The van der Waals surface area contributed by atoms with Crippen molar-refractivity contribution in [2.45, 2.75) is 0 Å². The van der Waals surface area contributed by atoms with E-state index in [4.69, 9.17) is 0 Å². The quantitative estimate of drug-likeness (QED) is 0.537. The van der Waals surface area contributed by atoms with Gasteiger partial charge in [-0.05, 0) is 11.0 Å². The van der Waals surface area contributed by atoms with Gasteiger partial charge in [0.1, 0.15) is 0 Å². The van der Waals surface area contributed by atoms with Crippen LogP contribution in [0.15, 0.2) is 52.7 Å². The smallest absolute Gasteiger partial charge is 0.0717 e. The minimum atomic E-state index is 1.26. The predicted octanol–water partition coefficient (Wildman–Crippen LogP) is 6.68. The first-order valence-corrected chi connectivity index (χ1v) is 11.4. The van der Waals surface area contributed by atoms with Gasteiger partial charge < -0.3 is 0 Å². The first-order valence-electron chi connectivity index (χ1n) is 6.10. The summed E-state index contributed by atoms with van der Waals surface area (Å²) in [7, 11) is 0. The molecule has 0 nitrogen and oxygen atoms in total. The van der Waals surface area contributed by atoms with E-state index in [1.807, 2.05) is 70.6 Å². The fourth-order valence-electron chi connectivity index (χ4n) is 1.88. The molecule has 20 heavy (non-hydrogen) atoms. The van der Waals surface area contributed by atoms with Crippen molar-refractivity contribution in [3.8, 4) is 0 Å². The monoisotopic (exact) mass is 370 g/mol. The molecule has 0 aliphatic carbocycles. The van der Waals surface area contributed by atoms with Gasteiger partial charge in [0.15, 0.2) is 0 Å². The molecule has 6 heteroatoms. The lowest BCUT2D eigenvalue weighted by Gasteiger charge is -2.08. The first-order chi connectivity index (χ1) is 9.90. The van der Waals surface area contributed by atoms with Crippen molar-refractivity contribution in [2.75, 3.05) is 11.5 Å². The molecule has 0 N–H and O–H groups in total. The van der Waals surface area contributed by atoms with Crippen molar-refractivity contribution in [1.29, 1.82) is 0 Å². The summed E-state index contributed by atoms with van der Waals surface area (Å²) < 4.78 is 6.00. The molecule has 1 aromatic carbocycles. The van der Waals surface area contributed by atoms with Crippen LogP contribution < -0.4 is 0 Å². The molecular formula is C14H10S6. The Morgan fingerprint density at radius 1 is 0.700 bits per heavy atom. The van der Waals surface area contributed by atoms with E-state index < -0.39 is 0 Å². The molecule has 0 bridgehead atoms. The number of hydrogen-bond acceptors (Lipinski definition) is 6. The lowest BCUT2D eigenvalue weighted by molar-refractivity contribution is 1.56. The summed E-state index contributed by atoms with van der Waals surface area (Å²) in [5, 5.41) is 2.29. The SMILES string of the molecule is C1=C(c2ccccc2)SC(=C2SC3=C(SCCS3)S2)S1. The van der Waals surface area contributed by atoms with Gasteiger partial charge in [-0.2, -0.15) is 0 Å². The Hall–Kier alpha value is 0.540. The van der Waals surface area contributed by atoms with Gasteiger partial charge in [-0.15, -0.1) is 23.5 Å². The molecule has 0 saturated heterocycles. The average molecular weight is 371 g/mol. The zero-order valence-corrected chi connectivity index (χ0v) is 15.2. The van der Waals surface area contributed by atoms with E-state index in [0.29, 0.717) is 0 Å². The second-order valence-corrected chi connectivity index (χ2v) is 11.3. The van der Waals surface area contributed by atoms with Crippen LogP contribution in [-0.4, -0.2) is 11.5 Å². The lowest BCUT2D eigenvalue weighted by atomic mass is 10.2. The summed E-state index contributed by atoms with van der Waals surface area (Å²) in [4.78, 5) is 1.38. The molecule has 0 amide bonds. The van der Waals surface area contributed by atoms with Crippen LogP contribution in [0.1, 0.15) is 5.56 Å². The van der Waals surface area contributed by atoms with Crippen LogP contribution in [0.2, 0.25) is 0 Å². The third-order valence-corrected chi connectivity index (χ3v) is 11.5. The maximum Gasteiger partial charge on any atom is 0.0717 e. The molecule has 0 saturated carbocycles. The van der Waals surface area contributed by atoms with E-state index >= 15 is 0 Å². The number of thioether (sulfide) groups is 6. The topological polar surface area (TPSA) is 0 Å². The number of rotatable bonds is 1. The summed E-state index contributed by atoms with van der Waals surface area (Å²) >= 11 is 11.8. The molecule has 0 atom stereocenters. The van der Waals surface area contributed by atoms with Crippen molar-refractivity contribution in [2.24, 2.45) is 0 Å². The Morgan fingerprint density at radius 2 is 1.40 bits per heavy atom. The zero-order chi connectivity index (χ0) is 13.4. The Balaban J connectivity index is 1.52. The van der Waals surface area contributed by atoms with Gasteiger partial charge in [0, 0.05) is 16.4 Å². The van der Waals surface area contributed by atoms with Crippen molar-refractivity contribution in [3.05, 3.63) is 58.3 Å². The van der Waals surface area contributed by atoms with E-state index in [1.54, 1.807) is 0 Å². The van der Waals surface area contributed by atoms with Crippen molar-refractivity contribution >= 4 is 75.5 Å². The Morgan fingerprint density at radius 3 is 2.10 bits per heavy atom. The number of hydrogen-bond donors (Lipinski definition) is 0. The molecule has 3 aliphatic rings. The summed E-state index contributed by atoms with van der Waals surface area (Å²) in [6, 6.07) is 10.7. The highest BCUT2D eigenvalue weighted by atomic mass is 32.3. The van der Waals surface area contributed by atoms with E-state index in [2.05, 4.69) is 35.7 Å². The van der Waals surface area contributed by atoms with Gasteiger partial charge in [-0.25, -0.2) is 0 Å². The van der Waals surface area contributed by atoms with Crippen LogP contribution in [0.4, 0.5) is 0 Å². The van der Waals surface area contributed by atoms with E-state index in [9.17, 15) is 0 Å². The van der Waals surface area contributed by atoms with Crippen LogP contribution in [0.5, 0.6) is 0 Å². The molecule has 0 radical (unpaired) electrons. The normalized spacial score (nSPS) is 22.3. The van der Waals surface area contributed by atoms with Gasteiger partial charge in [0.2, 0.25) is 0 Å². The minimum absolute atomic E-state index is 1.26. The average Bonchev–Trinajstić information content (AvgIpc) is 3.14. The van der Waals surface area contributed by atoms with E-state index in [-0.39, 0.29) is 0 Å². The molecule has 1 aromatic rings. The fraction of sp³-hybridized carbons (Fsp3) is 0.143. The molecule has 3 heterocycles. The Labute approximate surface area is 144 Å². The van der Waals surface area contributed by atoms with Crippen molar-refractivity contribution < 1.29 is 0 Å². The molecule has 0 fully saturated rings. The third-order valence-electron chi connectivity index (χ3n) is 2.79. The maximum absolute atomic E-state index is 2.29. The highest BCUT2D eigenvalue weighted by Gasteiger charge is 2.29. The van der Waals surface area contributed by atoms with Gasteiger partial charge in [-0.3, -0.25) is 0 Å². The van der Waals surface area contributed by atoms with Crippen LogP contribution in [0, 0.1) is 0 Å². The number of benzene rings is 1.